The van der Waals surface area contributed by atoms with Gasteiger partial charge in [0.25, 0.3) is 5.91 Å². The molecule has 0 aliphatic carbocycles. The molecule has 0 fully saturated rings. The minimum atomic E-state index is -0.208. The summed E-state index contributed by atoms with van der Waals surface area (Å²) in [5.74, 6) is -0.0614. The Morgan fingerprint density at radius 3 is 1.82 bits per heavy atom. The molecule has 0 aromatic heterocycles. The highest BCUT2D eigenvalue weighted by molar-refractivity contribution is 6.06. The van der Waals surface area contributed by atoms with E-state index in [0.29, 0.717) is 29.3 Å². The Hall–Kier alpha value is -4.13. The molecule has 0 saturated carbocycles. The molecule has 0 saturated heterocycles. The molecule has 7 heteroatoms. The summed E-state index contributed by atoms with van der Waals surface area (Å²) in [5, 5.41) is 8.70. The molecule has 0 aliphatic heterocycles. The third kappa shape index (κ3) is 7.20. The number of nitrogens with one attached hydrogen (secondary N) is 3. The van der Waals surface area contributed by atoms with Crippen molar-refractivity contribution in [3.63, 3.8) is 0 Å². The number of anilines is 4. The summed E-state index contributed by atoms with van der Waals surface area (Å²) in [6.07, 6.45) is 0.461. The largest absolute Gasteiger partial charge is 0.376 e. The fourth-order valence-electron chi connectivity index (χ4n) is 3.30. The number of nitrogens with zero attached hydrogens (tertiary/aromatic N) is 1. The number of amides is 3. The Bertz CT molecular complexity index is 1110. The van der Waals surface area contributed by atoms with E-state index >= 15 is 0 Å². The average molecular weight is 459 g/mol. The van der Waals surface area contributed by atoms with E-state index in [2.05, 4.69) is 16.0 Å². The first kappa shape index (κ1) is 24.5. The Kier molecular flexibility index (Phi) is 8.40. The zero-order valence-corrected chi connectivity index (χ0v) is 19.7. The monoisotopic (exact) mass is 458 g/mol. The predicted octanol–water partition coefficient (Wildman–Crippen LogP) is 5.00. The third-order valence-electron chi connectivity index (χ3n) is 5.08. The molecule has 0 unspecified atom stereocenters. The van der Waals surface area contributed by atoms with E-state index in [1.54, 1.807) is 60.5 Å². The molecule has 7 nitrogen and oxygen atoms in total. The Morgan fingerprint density at radius 1 is 0.735 bits per heavy atom. The van der Waals surface area contributed by atoms with E-state index in [1.165, 1.54) is 0 Å². The standard InChI is InChI=1S/C27H30N4O3/c1-19(2)17-25(32)29-22-13-15-23(16-14-22)30-26(33)18-28-21-11-9-20(10-12-21)27(34)31(3)24-7-5-4-6-8-24/h4-16,19,28H,17-18H2,1-3H3,(H,29,32)(H,30,33). The lowest BCUT2D eigenvalue weighted by atomic mass is 10.1. The van der Waals surface area contributed by atoms with Gasteiger partial charge in [0.05, 0.1) is 6.54 Å². The molecular weight excluding hydrogens is 428 g/mol. The van der Waals surface area contributed by atoms with Crippen LogP contribution in [-0.2, 0) is 9.59 Å². The van der Waals surface area contributed by atoms with Crippen LogP contribution in [0.1, 0.15) is 30.6 Å². The maximum absolute atomic E-state index is 12.7. The zero-order valence-electron chi connectivity index (χ0n) is 19.7. The summed E-state index contributed by atoms with van der Waals surface area (Å²) in [6.45, 7) is 4.06. The lowest BCUT2D eigenvalue weighted by molar-refractivity contribution is -0.117. The average Bonchev–Trinajstić information content (AvgIpc) is 2.83. The van der Waals surface area contributed by atoms with Crippen LogP contribution in [0.5, 0.6) is 0 Å². The molecule has 0 bridgehead atoms. The normalized spacial score (nSPS) is 10.5. The molecule has 3 aromatic carbocycles. The van der Waals surface area contributed by atoms with E-state index in [1.807, 2.05) is 44.2 Å². The van der Waals surface area contributed by atoms with Crippen LogP contribution in [-0.4, -0.2) is 31.3 Å². The molecule has 0 heterocycles. The number of carbonyl (C=O) groups is 3. The van der Waals surface area contributed by atoms with Crippen molar-refractivity contribution in [3.05, 3.63) is 84.4 Å². The first-order valence-corrected chi connectivity index (χ1v) is 11.2. The number of rotatable bonds is 9. The van der Waals surface area contributed by atoms with Gasteiger partial charge in [-0.15, -0.1) is 0 Å². The van der Waals surface area contributed by atoms with Crippen LogP contribution < -0.4 is 20.9 Å². The Morgan fingerprint density at radius 2 is 1.26 bits per heavy atom. The highest BCUT2D eigenvalue weighted by Gasteiger charge is 2.13. The van der Waals surface area contributed by atoms with Gasteiger partial charge >= 0.3 is 0 Å². The summed E-state index contributed by atoms with van der Waals surface area (Å²) in [6, 6.07) is 23.4. The van der Waals surface area contributed by atoms with Gasteiger partial charge in [0.2, 0.25) is 11.8 Å². The van der Waals surface area contributed by atoms with Gasteiger partial charge in [-0.1, -0.05) is 32.0 Å². The number of carbonyl (C=O) groups excluding carboxylic acids is 3. The van der Waals surface area contributed by atoms with Crippen LogP contribution in [0.3, 0.4) is 0 Å². The van der Waals surface area contributed by atoms with E-state index in [4.69, 9.17) is 0 Å². The smallest absolute Gasteiger partial charge is 0.258 e. The van der Waals surface area contributed by atoms with Crippen LogP contribution >= 0.6 is 0 Å². The summed E-state index contributed by atoms with van der Waals surface area (Å²) >= 11 is 0. The summed E-state index contributed by atoms with van der Waals surface area (Å²) in [5.41, 5.74) is 3.43. The summed E-state index contributed by atoms with van der Waals surface area (Å²) in [4.78, 5) is 38.4. The summed E-state index contributed by atoms with van der Waals surface area (Å²) in [7, 11) is 1.74. The molecule has 3 N–H and O–H groups in total. The molecule has 0 atom stereocenters. The van der Waals surface area contributed by atoms with Crippen molar-refractivity contribution in [3.8, 4) is 0 Å². The lowest BCUT2D eigenvalue weighted by Gasteiger charge is -2.17. The van der Waals surface area contributed by atoms with Crippen molar-refractivity contribution in [2.45, 2.75) is 20.3 Å². The van der Waals surface area contributed by atoms with E-state index < -0.39 is 0 Å². The van der Waals surface area contributed by atoms with Gasteiger partial charge in [0.15, 0.2) is 0 Å². The minimum absolute atomic E-state index is 0.0320. The molecule has 3 rings (SSSR count). The van der Waals surface area contributed by atoms with E-state index in [-0.39, 0.29) is 24.3 Å². The molecule has 0 spiro atoms. The second-order valence-electron chi connectivity index (χ2n) is 8.40. The molecular formula is C27H30N4O3. The lowest BCUT2D eigenvalue weighted by Crippen LogP contribution is -2.26. The Labute approximate surface area is 200 Å². The van der Waals surface area contributed by atoms with Gasteiger partial charge in [0.1, 0.15) is 0 Å². The van der Waals surface area contributed by atoms with Crippen molar-refractivity contribution in [2.24, 2.45) is 5.92 Å². The van der Waals surface area contributed by atoms with Crippen molar-refractivity contribution < 1.29 is 14.4 Å². The van der Waals surface area contributed by atoms with Gasteiger partial charge in [-0.3, -0.25) is 14.4 Å². The van der Waals surface area contributed by atoms with Crippen molar-refractivity contribution >= 4 is 40.5 Å². The van der Waals surface area contributed by atoms with E-state index in [9.17, 15) is 14.4 Å². The second kappa shape index (κ2) is 11.7. The molecule has 0 radical (unpaired) electrons. The first-order chi connectivity index (χ1) is 16.3. The van der Waals surface area contributed by atoms with Crippen molar-refractivity contribution in [2.75, 3.05) is 34.4 Å². The molecule has 0 aliphatic rings. The van der Waals surface area contributed by atoms with Crippen LogP contribution in [0.2, 0.25) is 0 Å². The van der Waals surface area contributed by atoms with Gasteiger partial charge in [-0.25, -0.2) is 0 Å². The van der Waals surface area contributed by atoms with Gasteiger partial charge in [-0.05, 0) is 66.6 Å². The Balaban J connectivity index is 1.47. The maximum atomic E-state index is 12.7. The van der Waals surface area contributed by atoms with Crippen LogP contribution in [0.15, 0.2) is 78.9 Å². The van der Waals surface area contributed by atoms with Gasteiger partial charge in [-0.2, -0.15) is 0 Å². The predicted molar refractivity (Wildman–Crippen MR) is 137 cm³/mol. The molecule has 3 amide bonds. The third-order valence-corrected chi connectivity index (χ3v) is 5.08. The SMILES string of the molecule is CC(C)CC(=O)Nc1ccc(NC(=O)CNc2ccc(C(=O)N(C)c3ccccc3)cc2)cc1. The first-order valence-electron chi connectivity index (χ1n) is 11.2. The highest BCUT2D eigenvalue weighted by atomic mass is 16.2. The molecule has 176 valence electrons. The fraction of sp³-hybridized carbons (Fsp3) is 0.222. The highest BCUT2D eigenvalue weighted by Crippen LogP contribution is 2.17. The van der Waals surface area contributed by atoms with Gasteiger partial charge < -0.3 is 20.9 Å². The topological polar surface area (TPSA) is 90.5 Å². The zero-order chi connectivity index (χ0) is 24.5. The van der Waals surface area contributed by atoms with Crippen LogP contribution in [0, 0.1) is 5.92 Å². The fourth-order valence-corrected chi connectivity index (χ4v) is 3.30. The number of para-hydroxylation sites is 1. The van der Waals surface area contributed by atoms with Crippen molar-refractivity contribution in [1.29, 1.82) is 0 Å². The molecule has 34 heavy (non-hydrogen) atoms. The molecule has 3 aromatic rings. The number of benzene rings is 3. The maximum Gasteiger partial charge on any atom is 0.258 e. The van der Waals surface area contributed by atoms with E-state index in [0.717, 1.165) is 11.4 Å². The quantitative estimate of drug-likeness (QED) is 0.421. The number of hydrogen-bond acceptors (Lipinski definition) is 4. The minimum Gasteiger partial charge on any atom is -0.376 e. The number of hydrogen-bond donors (Lipinski definition) is 3. The van der Waals surface area contributed by atoms with Crippen LogP contribution in [0.25, 0.3) is 0 Å². The van der Waals surface area contributed by atoms with Gasteiger partial charge in [0, 0.05) is 41.8 Å². The summed E-state index contributed by atoms with van der Waals surface area (Å²) < 4.78 is 0. The van der Waals surface area contributed by atoms with Crippen molar-refractivity contribution in [1.82, 2.24) is 0 Å². The second-order valence-corrected chi connectivity index (χ2v) is 8.40. The van der Waals surface area contributed by atoms with Crippen LogP contribution in [0.4, 0.5) is 22.7 Å².